The Morgan fingerprint density at radius 3 is 1.92 bits per heavy atom. The van der Waals surface area contributed by atoms with Gasteiger partial charge < -0.3 is 5.73 Å². The molecular formula is C12H27N. The Morgan fingerprint density at radius 2 is 1.54 bits per heavy atom. The van der Waals surface area contributed by atoms with Gasteiger partial charge in [0.15, 0.2) is 0 Å². The van der Waals surface area contributed by atoms with Gasteiger partial charge in [0.1, 0.15) is 0 Å². The fourth-order valence-corrected chi connectivity index (χ4v) is 2.12. The van der Waals surface area contributed by atoms with Gasteiger partial charge in [-0.1, -0.05) is 59.3 Å². The van der Waals surface area contributed by atoms with Crippen LogP contribution in [0.25, 0.3) is 0 Å². The molecule has 1 unspecified atom stereocenters. The fraction of sp³-hybridized carbons (Fsp3) is 1.00. The molecule has 0 aliphatic rings. The van der Waals surface area contributed by atoms with E-state index >= 15 is 0 Å². The highest BCUT2D eigenvalue weighted by atomic mass is 14.6. The summed E-state index contributed by atoms with van der Waals surface area (Å²) in [6.07, 6.45) is 8.06. The maximum Gasteiger partial charge on any atom is -0.00463 e. The molecular weight excluding hydrogens is 158 g/mol. The van der Waals surface area contributed by atoms with Gasteiger partial charge in [-0.25, -0.2) is 0 Å². The van der Waals surface area contributed by atoms with Gasteiger partial charge in [0, 0.05) is 0 Å². The zero-order valence-electron chi connectivity index (χ0n) is 9.68. The lowest BCUT2D eigenvalue weighted by Gasteiger charge is -2.23. The van der Waals surface area contributed by atoms with E-state index in [2.05, 4.69) is 20.8 Å². The molecule has 0 amide bonds. The van der Waals surface area contributed by atoms with E-state index in [0.29, 0.717) is 0 Å². The number of hydrogen-bond donors (Lipinski definition) is 1. The summed E-state index contributed by atoms with van der Waals surface area (Å²) in [5.74, 6) is 1.64. The van der Waals surface area contributed by atoms with E-state index in [0.717, 1.165) is 18.4 Å². The van der Waals surface area contributed by atoms with Crippen LogP contribution in [0.15, 0.2) is 0 Å². The first-order chi connectivity index (χ1) is 6.29. The molecule has 1 nitrogen and oxygen atoms in total. The van der Waals surface area contributed by atoms with Gasteiger partial charge in [0.25, 0.3) is 0 Å². The summed E-state index contributed by atoms with van der Waals surface area (Å²) in [4.78, 5) is 0. The molecule has 0 rings (SSSR count). The van der Waals surface area contributed by atoms with Crippen LogP contribution in [0, 0.1) is 11.8 Å². The minimum atomic E-state index is 0.766. The zero-order valence-corrected chi connectivity index (χ0v) is 9.68. The van der Waals surface area contributed by atoms with E-state index in [4.69, 9.17) is 5.73 Å². The summed E-state index contributed by atoms with van der Waals surface area (Å²) in [6.45, 7) is 7.71. The average molecular weight is 185 g/mol. The van der Waals surface area contributed by atoms with Crippen LogP contribution in [-0.4, -0.2) is 6.54 Å². The highest BCUT2D eigenvalue weighted by Crippen LogP contribution is 2.24. The standard InChI is InChI=1S/C12H27N/c1-4-7-8-9-11(5-2)12(6-3)10-13/h11-12H,4-10,13H2,1-3H3/t11-,12?/m0/s1. The van der Waals surface area contributed by atoms with E-state index in [1.807, 2.05) is 0 Å². The minimum Gasteiger partial charge on any atom is -0.330 e. The van der Waals surface area contributed by atoms with Crippen LogP contribution < -0.4 is 5.73 Å². The fourth-order valence-electron chi connectivity index (χ4n) is 2.12. The smallest absolute Gasteiger partial charge is 0.00463 e. The SMILES string of the molecule is CCCCC[C@H](CC)C(CC)CN. The summed E-state index contributed by atoms with van der Waals surface area (Å²) < 4.78 is 0. The first kappa shape index (κ1) is 13.0. The Kier molecular flexibility index (Phi) is 8.53. The molecule has 0 aliphatic heterocycles. The van der Waals surface area contributed by atoms with E-state index in [1.165, 1.54) is 38.5 Å². The molecule has 0 aromatic carbocycles. The highest BCUT2D eigenvalue weighted by molar-refractivity contribution is 4.68. The third-order valence-corrected chi connectivity index (χ3v) is 3.20. The topological polar surface area (TPSA) is 26.0 Å². The molecule has 0 heterocycles. The van der Waals surface area contributed by atoms with Crippen molar-refractivity contribution in [1.29, 1.82) is 0 Å². The van der Waals surface area contributed by atoms with Crippen LogP contribution in [0.1, 0.15) is 59.3 Å². The highest BCUT2D eigenvalue weighted by Gasteiger charge is 2.15. The molecule has 13 heavy (non-hydrogen) atoms. The maximum atomic E-state index is 5.76. The number of rotatable bonds is 8. The number of unbranched alkanes of at least 4 members (excludes halogenated alkanes) is 2. The van der Waals surface area contributed by atoms with Gasteiger partial charge >= 0.3 is 0 Å². The van der Waals surface area contributed by atoms with Crippen molar-refractivity contribution < 1.29 is 0 Å². The molecule has 1 heteroatoms. The predicted octanol–water partition coefficient (Wildman–Crippen LogP) is 3.58. The summed E-state index contributed by atoms with van der Waals surface area (Å²) in [6, 6.07) is 0. The van der Waals surface area contributed by atoms with Crippen molar-refractivity contribution >= 4 is 0 Å². The second-order valence-corrected chi connectivity index (χ2v) is 4.07. The van der Waals surface area contributed by atoms with Crippen LogP contribution in [0.4, 0.5) is 0 Å². The van der Waals surface area contributed by atoms with Crippen molar-refractivity contribution in [3.05, 3.63) is 0 Å². The van der Waals surface area contributed by atoms with Crippen molar-refractivity contribution in [1.82, 2.24) is 0 Å². The Labute approximate surface area is 84.1 Å². The summed E-state index contributed by atoms with van der Waals surface area (Å²) in [5.41, 5.74) is 5.76. The lowest BCUT2D eigenvalue weighted by atomic mass is 9.84. The van der Waals surface area contributed by atoms with Crippen LogP contribution in [0.5, 0.6) is 0 Å². The van der Waals surface area contributed by atoms with E-state index in [-0.39, 0.29) is 0 Å². The van der Waals surface area contributed by atoms with Crippen molar-refractivity contribution in [3.63, 3.8) is 0 Å². The summed E-state index contributed by atoms with van der Waals surface area (Å²) in [7, 11) is 0. The summed E-state index contributed by atoms with van der Waals surface area (Å²) >= 11 is 0. The quantitative estimate of drug-likeness (QED) is 0.575. The monoisotopic (exact) mass is 185 g/mol. The second kappa shape index (κ2) is 8.55. The number of hydrogen-bond acceptors (Lipinski definition) is 1. The third-order valence-electron chi connectivity index (χ3n) is 3.20. The minimum absolute atomic E-state index is 0.766. The molecule has 0 aromatic heterocycles. The molecule has 2 N–H and O–H groups in total. The van der Waals surface area contributed by atoms with Crippen LogP contribution in [0.3, 0.4) is 0 Å². The molecule has 0 saturated carbocycles. The number of nitrogens with two attached hydrogens (primary N) is 1. The lowest BCUT2D eigenvalue weighted by molar-refractivity contribution is 0.293. The first-order valence-corrected chi connectivity index (χ1v) is 6.00. The van der Waals surface area contributed by atoms with Crippen molar-refractivity contribution in [2.24, 2.45) is 17.6 Å². The Hall–Kier alpha value is -0.0400. The van der Waals surface area contributed by atoms with Gasteiger partial charge in [-0.2, -0.15) is 0 Å². The van der Waals surface area contributed by atoms with E-state index in [1.54, 1.807) is 0 Å². The van der Waals surface area contributed by atoms with Crippen LogP contribution in [0.2, 0.25) is 0 Å². The normalized spacial score (nSPS) is 15.7. The van der Waals surface area contributed by atoms with Gasteiger partial charge in [-0.15, -0.1) is 0 Å². The molecule has 0 saturated heterocycles. The summed E-state index contributed by atoms with van der Waals surface area (Å²) in [5, 5.41) is 0. The Bertz CT molecular complexity index is 97.3. The predicted molar refractivity (Wildman–Crippen MR) is 60.8 cm³/mol. The third kappa shape index (κ3) is 5.30. The molecule has 0 spiro atoms. The lowest BCUT2D eigenvalue weighted by Crippen LogP contribution is -2.22. The van der Waals surface area contributed by atoms with Crippen molar-refractivity contribution in [2.45, 2.75) is 59.3 Å². The molecule has 0 aliphatic carbocycles. The maximum absolute atomic E-state index is 5.76. The molecule has 0 bridgehead atoms. The molecule has 2 atom stereocenters. The second-order valence-electron chi connectivity index (χ2n) is 4.07. The Morgan fingerprint density at radius 1 is 0.923 bits per heavy atom. The van der Waals surface area contributed by atoms with E-state index in [9.17, 15) is 0 Å². The largest absolute Gasteiger partial charge is 0.330 e. The first-order valence-electron chi connectivity index (χ1n) is 6.00. The van der Waals surface area contributed by atoms with Gasteiger partial charge in [-0.3, -0.25) is 0 Å². The van der Waals surface area contributed by atoms with E-state index < -0.39 is 0 Å². The molecule has 0 fully saturated rings. The zero-order chi connectivity index (χ0) is 10.1. The van der Waals surface area contributed by atoms with Crippen LogP contribution >= 0.6 is 0 Å². The van der Waals surface area contributed by atoms with Crippen LogP contribution in [-0.2, 0) is 0 Å². The molecule has 80 valence electrons. The van der Waals surface area contributed by atoms with Crippen molar-refractivity contribution in [3.8, 4) is 0 Å². The average Bonchev–Trinajstić information content (AvgIpc) is 2.17. The molecule has 0 radical (unpaired) electrons. The van der Waals surface area contributed by atoms with Gasteiger partial charge in [0.05, 0.1) is 0 Å². The Balaban J connectivity index is 3.71. The van der Waals surface area contributed by atoms with Gasteiger partial charge in [0.2, 0.25) is 0 Å². The van der Waals surface area contributed by atoms with Gasteiger partial charge in [-0.05, 0) is 18.4 Å². The molecule has 0 aromatic rings. The van der Waals surface area contributed by atoms with Crippen molar-refractivity contribution in [2.75, 3.05) is 6.54 Å².